The summed E-state index contributed by atoms with van der Waals surface area (Å²) in [6.07, 6.45) is 2.53. The first-order valence-corrected chi connectivity index (χ1v) is 8.50. The Bertz CT molecular complexity index is 1030. The number of pyridine rings is 1. The molecule has 0 fully saturated rings. The van der Waals surface area contributed by atoms with Gasteiger partial charge in [-0.25, -0.2) is 9.18 Å². The van der Waals surface area contributed by atoms with Crippen LogP contribution in [0.25, 0.3) is 10.9 Å². The van der Waals surface area contributed by atoms with Crippen molar-refractivity contribution in [3.8, 4) is 0 Å². The minimum atomic E-state index is -0.621. The Morgan fingerprint density at radius 3 is 2.65 bits per heavy atom. The normalized spacial score (nSPS) is 12.8. The van der Waals surface area contributed by atoms with E-state index in [1.807, 2.05) is 24.3 Å². The summed E-state index contributed by atoms with van der Waals surface area (Å²) >= 11 is 0. The van der Waals surface area contributed by atoms with Crippen molar-refractivity contribution in [2.75, 3.05) is 6.61 Å². The van der Waals surface area contributed by atoms with Gasteiger partial charge >= 0.3 is 5.97 Å². The lowest BCUT2D eigenvalue weighted by Gasteiger charge is -2.12. The minimum absolute atomic E-state index is 0.0786. The van der Waals surface area contributed by atoms with Crippen molar-refractivity contribution in [3.05, 3.63) is 76.7 Å². The number of hydrogen-bond donors (Lipinski definition) is 0. The van der Waals surface area contributed by atoms with Crippen LogP contribution < -0.4 is 0 Å². The lowest BCUT2D eigenvalue weighted by atomic mass is 10.0. The molecule has 26 heavy (non-hydrogen) atoms. The highest BCUT2D eigenvalue weighted by molar-refractivity contribution is 6.06. The van der Waals surface area contributed by atoms with Crippen LogP contribution in [0.15, 0.2) is 48.5 Å². The Labute approximate surface area is 149 Å². The fourth-order valence-corrected chi connectivity index (χ4v) is 3.41. The molecule has 0 spiro atoms. The summed E-state index contributed by atoms with van der Waals surface area (Å²) in [4.78, 5) is 29.5. The van der Waals surface area contributed by atoms with E-state index in [4.69, 9.17) is 4.74 Å². The van der Waals surface area contributed by atoms with E-state index in [-0.39, 0.29) is 5.56 Å². The van der Waals surface area contributed by atoms with Crippen LogP contribution >= 0.6 is 0 Å². The zero-order valence-corrected chi connectivity index (χ0v) is 14.0. The molecule has 4 rings (SSSR count). The summed E-state index contributed by atoms with van der Waals surface area (Å²) < 4.78 is 19.0. The van der Waals surface area contributed by atoms with Gasteiger partial charge in [0.05, 0.1) is 16.6 Å². The van der Waals surface area contributed by atoms with E-state index < -0.39 is 24.2 Å². The molecule has 4 nitrogen and oxygen atoms in total. The summed E-state index contributed by atoms with van der Waals surface area (Å²) in [5.74, 6) is -1.75. The second-order valence-corrected chi connectivity index (χ2v) is 6.26. The Morgan fingerprint density at radius 2 is 1.81 bits per heavy atom. The molecule has 0 N–H and O–H groups in total. The van der Waals surface area contributed by atoms with Gasteiger partial charge in [0.2, 0.25) is 5.78 Å². The van der Waals surface area contributed by atoms with Gasteiger partial charge in [-0.1, -0.05) is 30.3 Å². The molecular formula is C21H16FNO3. The quantitative estimate of drug-likeness (QED) is 0.529. The van der Waals surface area contributed by atoms with Crippen molar-refractivity contribution in [1.29, 1.82) is 0 Å². The number of nitrogens with zero attached hydrogens (tertiary/aromatic N) is 1. The molecule has 0 amide bonds. The predicted octanol–water partition coefficient (Wildman–Crippen LogP) is 3.90. The minimum Gasteiger partial charge on any atom is -0.454 e. The molecule has 1 aliphatic rings. The Hall–Kier alpha value is -3.08. The second kappa shape index (κ2) is 6.67. The zero-order chi connectivity index (χ0) is 18.1. The standard InChI is InChI=1S/C21H16FNO3/c22-16-9-3-1-6-13(16)19(24)12-26-21(25)20-14-7-2-4-10-17(14)23-18-11-5-8-15(18)20/h1-4,6-7,9-10H,5,8,11-12H2. The lowest BCUT2D eigenvalue weighted by Crippen LogP contribution is -2.17. The molecule has 130 valence electrons. The highest BCUT2D eigenvalue weighted by atomic mass is 19.1. The van der Waals surface area contributed by atoms with E-state index in [9.17, 15) is 14.0 Å². The van der Waals surface area contributed by atoms with Gasteiger partial charge in [0, 0.05) is 11.1 Å². The number of carbonyl (C=O) groups is 2. The number of para-hydroxylation sites is 1. The fraction of sp³-hybridized carbons (Fsp3) is 0.190. The van der Waals surface area contributed by atoms with Gasteiger partial charge in [0.15, 0.2) is 6.61 Å². The van der Waals surface area contributed by atoms with Gasteiger partial charge in [0.25, 0.3) is 0 Å². The number of ketones is 1. The summed E-state index contributed by atoms with van der Waals surface area (Å²) in [7, 11) is 0. The van der Waals surface area contributed by atoms with E-state index in [1.165, 1.54) is 18.2 Å². The van der Waals surface area contributed by atoms with E-state index in [2.05, 4.69) is 4.98 Å². The van der Waals surface area contributed by atoms with Crippen LogP contribution in [0.5, 0.6) is 0 Å². The Morgan fingerprint density at radius 1 is 1.04 bits per heavy atom. The topological polar surface area (TPSA) is 56.3 Å². The zero-order valence-electron chi connectivity index (χ0n) is 14.0. The Kier molecular flexibility index (Phi) is 4.21. The first-order valence-electron chi connectivity index (χ1n) is 8.50. The summed E-state index contributed by atoms with van der Waals surface area (Å²) in [5.41, 5.74) is 2.94. The van der Waals surface area contributed by atoms with Gasteiger partial charge < -0.3 is 4.74 Å². The van der Waals surface area contributed by atoms with Crippen molar-refractivity contribution in [1.82, 2.24) is 4.98 Å². The number of carbonyl (C=O) groups excluding carboxylic acids is 2. The van der Waals surface area contributed by atoms with Gasteiger partial charge in [-0.3, -0.25) is 9.78 Å². The summed E-state index contributed by atoms with van der Waals surface area (Å²) in [5, 5.41) is 0.719. The molecule has 1 heterocycles. The van der Waals surface area contributed by atoms with Crippen molar-refractivity contribution in [3.63, 3.8) is 0 Å². The molecule has 1 aliphatic carbocycles. The van der Waals surface area contributed by atoms with Crippen LogP contribution in [0.3, 0.4) is 0 Å². The number of Topliss-reactive ketones (excluding diaryl/α,β-unsaturated/α-hetero) is 1. The fourth-order valence-electron chi connectivity index (χ4n) is 3.41. The Balaban J connectivity index is 1.63. The number of hydrogen-bond acceptors (Lipinski definition) is 4. The van der Waals surface area contributed by atoms with Crippen LogP contribution in [0.4, 0.5) is 4.39 Å². The number of benzene rings is 2. The van der Waals surface area contributed by atoms with Gasteiger partial charge in [-0.2, -0.15) is 0 Å². The maximum absolute atomic E-state index is 13.7. The van der Waals surface area contributed by atoms with E-state index in [1.54, 1.807) is 6.07 Å². The average Bonchev–Trinajstić information content (AvgIpc) is 3.12. The maximum atomic E-state index is 13.7. The van der Waals surface area contributed by atoms with Crippen molar-refractivity contribution in [2.24, 2.45) is 0 Å². The average molecular weight is 349 g/mol. The molecule has 0 unspecified atom stereocenters. The molecule has 0 bridgehead atoms. The van der Waals surface area contributed by atoms with Crippen LogP contribution in [-0.2, 0) is 17.6 Å². The third kappa shape index (κ3) is 2.86. The van der Waals surface area contributed by atoms with Crippen LogP contribution in [0.2, 0.25) is 0 Å². The number of aryl methyl sites for hydroxylation is 1. The number of aromatic nitrogens is 1. The third-order valence-corrected chi connectivity index (χ3v) is 4.63. The number of halogens is 1. The van der Waals surface area contributed by atoms with Gasteiger partial charge in [0.1, 0.15) is 5.82 Å². The van der Waals surface area contributed by atoms with E-state index in [0.717, 1.165) is 41.4 Å². The summed E-state index contributed by atoms with van der Waals surface area (Å²) in [6.45, 7) is -0.495. The van der Waals surface area contributed by atoms with E-state index in [0.29, 0.717) is 5.56 Å². The number of rotatable bonds is 4. The second-order valence-electron chi connectivity index (χ2n) is 6.26. The molecule has 0 radical (unpaired) electrons. The molecule has 0 saturated carbocycles. The predicted molar refractivity (Wildman–Crippen MR) is 94.8 cm³/mol. The molecule has 0 aliphatic heterocycles. The SMILES string of the molecule is O=C(COC(=O)c1c2c(nc3ccccc13)CCC2)c1ccccc1F. The molecular weight excluding hydrogens is 333 g/mol. The highest BCUT2D eigenvalue weighted by Gasteiger charge is 2.25. The van der Waals surface area contributed by atoms with Crippen molar-refractivity contribution in [2.45, 2.75) is 19.3 Å². The monoisotopic (exact) mass is 349 g/mol. The van der Waals surface area contributed by atoms with Gasteiger partial charge in [-0.05, 0) is 43.0 Å². The molecule has 0 saturated heterocycles. The molecule has 3 aromatic rings. The third-order valence-electron chi connectivity index (χ3n) is 4.63. The van der Waals surface area contributed by atoms with Crippen LogP contribution in [0.1, 0.15) is 38.4 Å². The highest BCUT2D eigenvalue weighted by Crippen LogP contribution is 2.30. The molecule has 2 aromatic carbocycles. The number of esters is 1. The van der Waals surface area contributed by atoms with E-state index >= 15 is 0 Å². The van der Waals surface area contributed by atoms with Crippen LogP contribution in [-0.4, -0.2) is 23.3 Å². The number of fused-ring (bicyclic) bond motifs is 2. The summed E-state index contributed by atoms with van der Waals surface area (Å²) in [6, 6.07) is 13.1. The van der Waals surface area contributed by atoms with Crippen molar-refractivity contribution < 1.29 is 18.7 Å². The lowest BCUT2D eigenvalue weighted by molar-refractivity contribution is 0.0474. The molecule has 1 aromatic heterocycles. The first kappa shape index (κ1) is 16.4. The first-order chi connectivity index (χ1) is 12.6. The van der Waals surface area contributed by atoms with Crippen LogP contribution in [0, 0.1) is 5.82 Å². The largest absolute Gasteiger partial charge is 0.454 e. The van der Waals surface area contributed by atoms with Gasteiger partial charge in [-0.15, -0.1) is 0 Å². The smallest absolute Gasteiger partial charge is 0.339 e. The number of ether oxygens (including phenoxy) is 1. The maximum Gasteiger partial charge on any atom is 0.339 e. The molecule has 5 heteroatoms. The van der Waals surface area contributed by atoms with Crippen molar-refractivity contribution >= 4 is 22.7 Å². The molecule has 0 atom stereocenters.